The second-order valence-electron chi connectivity index (χ2n) is 5.84. The second-order valence-corrected chi connectivity index (χ2v) is 5.84. The van der Waals surface area contributed by atoms with Crippen molar-refractivity contribution >= 4 is 5.97 Å². The van der Waals surface area contributed by atoms with Gasteiger partial charge in [-0.05, 0) is 16.5 Å². The van der Waals surface area contributed by atoms with Crippen molar-refractivity contribution in [3.63, 3.8) is 0 Å². The molecule has 1 saturated carbocycles. The molecule has 2 unspecified atom stereocenters. The molecule has 4 heteroatoms. The Morgan fingerprint density at radius 3 is 2.06 bits per heavy atom. The van der Waals surface area contributed by atoms with Gasteiger partial charge in [0, 0.05) is 0 Å². The van der Waals surface area contributed by atoms with Crippen LogP contribution in [0.15, 0.2) is 24.3 Å². The lowest BCUT2D eigenvalue weighted by Crippen LogP contribution is -2.10. The average Bonchev–Trinajstić information content (AvgIpc) is 2.80. The number of rotatable bonds is 2. The van der Waals surface area contributed by atoms with Crippen LogP contribution >= 0.6 is 0 Å². The minimum Gasteiger partial charge on any atom is -0.481 e. The summed E-state index contributed by atoms with van der Waals surface area (Å²) in [7, 11) is 0. The quantitative estimate of drug-likeness (QED) is 0.878. The average molecular weight is 254 g/mol. The third kappa shape index (κ3) is 2.00. The van der Waals surface area contributed by atoms with E-state index in [1.165, 1.54) is 0 Å². The van der Waals surface area contributed by atoms with Crippen molar-refractivity contribution in [1.29, 1.82) is 0 Å². The molecule has 1 fully saturated rings. The summed E-state index contributed by atoms with van der Waals surface area (Å²) in [6.45, 7) is 6.11. The maximum atomic E-state index is 13.4. The Morgan fingerprint density at radius 1 is 1.22 bits per heavy atom. The molecule has 0 heterocycles. The molecule has 1 aromatic carbocycles. The van der Waals surface area contributed by atoms with Crippen LogP contribution < -0.4 is 0 Å². The van der Waals surface area contributed by atoms with Crippen LogP contribution in [-0.2, 0) is 10.2 Å². The fourth-order valence-electron chi connectivity index (χ4n) is 2.24. The number of hydrogen-bond acceptors (Lipinski definition) is 1. The number of carbonyl (C=O) groups is 1. The van der Waals surface area contributed by atoms with Crippen molar-refractivity contribution in [3.8, 4) is 0 Å². The summed E-state index contributed by atoms with van der Waals surface area (Å²) >= 11 is 0. The summed E-state index contributed by atoms with van der Waals surface area (Å²) in [5, 5.41) is 8.72. The molecule has 0 amide bonds. The van der Waals surface area contributed by atoms with Crippen LogP contribution in [0.3, 0.4) is 0 Å². The maximum absolute atomic E-state index is 13.4. The van der Waals surface area contributed by atoms with Gasteiger partial charge in [0.2, 0.25) is 0 Å². The first-order valence-corrected chi connectivity index (χ1v) is 5.87. The highest BCUT2D eigenvalue weighted by Gasteiger charge is 2.72. The Kier molecular flexibility index (Phi) is 2.72. The van der Waals surface area contributed by atoms with Gasteiger partial charge in [0.15, 0.2) is 0 Å². The summed E-state index contributed by atoms with van der Waals surface area (Å²) in [6.07, 6.45) is 0. The third-order valence-electron chi connectivity index (χ3n) is 3.46. The molecule has 2 rings (SSSR count). The monoisotopic (exact) mass is 254 g/mol. The minimum atomic E-state index is -3.12. The molecule has 0 aliphatic heterocycles. The van der Waals surface area contributed by atoms with E-state index in [0.29, 0.717) is 5.56 Å². The topological polar surface area (TPSA) is 37.3 Å². The summed E-state index contributed by atoms with van der Waals surface area (Å²) in [5.74, 6) is -7.29. The molecule has 0 bridgehead atoms. The highest BCUT2D eigenvalue weighted by atomic mass is 19.3. The number of benzene rings is 1. The van der Waals surface area contributed by atoms with Crippen molar-refractivity contribution < 1.29 is 18.7 Å². The molecule has 1 aliphatic carbocycles. The molecule has 1 aliphatic rings. The van der Waals surface area contributed by atoms with Crippen LogP contribution in [0.4, 0.5) is 8.78 Å². The van der Waals surface area contributed by atoms with Crippen molar-refractivity contribution in [1.82, 2.24) is 0 Å². The number of carboxylic acids is 1. The Morgan fingerprint density at radius 2 is 1.72 bits per heavy atom. The zero-order valence-electron chi connectivity index (χ0n) is 10.6. The zero-order valence-corrected chi connectivity index (χ0v) is 10.6. The van der Waals surface area contributed by atoms with E-state index in [2.05, 4.69) is 0 Å². The molecule has 2 nitrogen and oxygen atoms in total. The lowest BCUT2D eigenvalue weighted by atomic mass is 9.86. The van der Waals surface area contributed by atoms with E-state index in [1.807, 2.05) is 20.8 Å². The van der Waals surface area contributed by atoms with Gasteiger partial charge in [0.05, 0.1) is 5.92 Å². The molecule has 0 radical (unpaired) electrons. The summed E-state index contributed by atoms with van der Waals surface area (Å²) in [5.41, 5.74) is 1.40. The van der Waals surface area contributed by atoms with Crippen molar-refractivity contribution in [2.24, 2.45) is 5.92 Å². The van der Waals surface area contributed by atoms with E-state index in [9.17, 15) is 13.6 Å². The first-order chi connectivity index (χ1) is 8.15. The number of hydrogen-bond donors (Lipinski definition) is 1. The molecule has 18 heavy (non-hydrogen) atoms. The first-order valence-electron chi connectivity index (χ1n) is 5.87. The number of alkyl halides is 2. The molecule has 1 aromatic rings. The number of carboxylic acid groups (broad SMARTS) is 1. The highest BCUT2D eigenvalue weighted by molar-refractivity contribution is 5.78. The second kappa shape index (κ2) is 3.77. The van der Waals surface area contributed by atoms with Crippen LogP contribution in [-0.4, -0.2) is 17.0 Å². The lowest BCUT2D eigenvalue weighted by Gasteiger charge is -2.19. The molecule has 1 N–H and O–H groups in total. The van der Waals surface area contributed by atoms with Gasteiger partial charge in [-0.2, -0.15) is 0 Å². The maximum Gasteiger partial charge on any atom is 0.313 e. The van der Waals surface area contributed by atoms with Gasteiger partial charge in [0.1, 0.15) is 5.92 Å². The smallest absolute Gasteiger partial charge is 0.313 e. The van der Waals surface area contributed by atoms with E-state index in [0.717, 1.165) is 5.56 Å². The Balaban J connectivity index is 2.25. The molecule has 98 valence electrons. The van der Waals surface area contributed by atoms with E-state index in [1.54, 1.807) is 24.3 Å². The fourth-order valence-corrected chi connectivity index (χ4v) is 2.24. The van der Waals surface area contributed by atoms with Crippen molar-refractivity contribution in [2.75, 3.05) is 0 Å². The zero-order chi connectivity index (χ0) is 13.7. The fraction of sp³-hybridized carbons (Fsp3) is 0.500. The Hall–Kier alpha value is -1.45. The van der Waals surface area contributed by atoms with Gasteiger partial charge in [0.25, 0.3) is 5.92 Å². The molecular formula is C14H16F2O2. The van der Waals surface area contributed by atoms with Gasteiger partial charge in [-0.15, -0.1) is 0 Å². The largest absolute Gasteiger partial charge is 0.481 e. The summed E-state index contributed by atoms with van der Waals surface area (Å²) < 4.78 is 26.7. The third-order valence-corrected chi connectivity index (χ3v) is 3.46. The first kappa shape index (κ1) is 13.0. The predicted molar refractivity (Wildman–Crippen MR) is 64.0 cm³/mol. The van der Waals surface area contributed by atoms with Crippen molar-refractivity contribution in [2.45, 2.75) is 38.0 Å². The van der Waals surface area contributed by atoms with Crippen molar-refractivity contribution in [3.05, 3.63) is 35.4 Å². The van der Waals surface area contributed by atoms with E-state index >= 15 is 0 Å². The van der Waals surface area contributed by atoms with Gasteiger partial charge < -0.3 is 5.11 Å². The SMILES string of the molecule is CC(C)(C)c1ccc(C2C(C(=O)O)C2(F)F)cc1. The van der Waals surface area contributed by atoms with E-state index in [-0.39, 0.29) is 5.41 Å². The van der Waals surface area contributed by atoms with Crippen LogP contribution in [0.25, 0.3) is 0 Å². The summed E-state index contributed by atoms with van der Waals surface area (Å²) in [6, 6.07) is 6.81. The molecule has 0 spiro atoms. The van der Waals surface area contributed by atoms with Gasteiger partial charge in [-0.1, -0.05) is 45.0 Å². The van der Waals surface area contributed by atoms with E-state index < -0.39 is 23.7 Å². The lowest BCUT2D eigenvalue weighted by molar-refractivity contribution is -0.140. The minimum absolute atomic E-state index is 0.0448. The molecular weight excluding hydrogens is 238 g/mol. The molecule has 0 aromatic heterocycles. The van der Waals surface area contributed by atoms with Gasteiger partial charge in [-0.25, -0.2) is 8.78 Å². The Labute approximate surface area is 105 Å². The normalized spacial score (nSPS) is 25.8. The van der Waals surface area contributed by atoms with E-state index in [4.69, 9.17) is 5.11 Å². The standard InChI is InChI=1S/C14H16F2O2/c1-13(2,3)9-6-4-8(5-7-9)10-11(12(17)18)14(10,15)16/h4-7,10-11H,1-3H3,(H,17,18). The summed E-state index contributed by atoms with van der Waals surface area (Å²) in [4.78, 5) is 10.7. The predicted octanol–water partition coefficient (Wildman–Crippen LogP) is 3.42. The van der Waals surface area contributed by atoms with Crippen LogP contribution in [0.2, 0.25) is 0 Å². The van der Waals surface area contributed by atoms with Crippen LogP contribution in [0.5, 0.6) is 0 Å². The molecule has 0 saturated heterocycles. The van der Waals surface area contributed by atoms with Crippen LogP contribution in [0.1, 0.15) is 37.8 Å². The molecule has 2 atom stereocenters. The van der Waals surface area contributed by atoms with Crippen LogP contribution in [0, 0.1) is 5.92 Å². The van der Waals surface area contributed by atoms with Gasteiger partial charge in [-0.3, -0.25) is 4.79 Å². The number of aliphatic carboxylic acids is 1. The Bertz CT molecular complexity index is 472. The number of halogens is 2. The van der Waals surface area contributed by atoms with Gasteiger partial charge >= 0.3 is 5.97 Å². The highest BCUT2D eigenvalue weighted by Crippen LogP contribution is 2.61.